The lowest BCUT2D eigenvalue weighted by Gasteiger charge is -2.04. The van der Waals surface area contributed by atoms with Crippen molar-refractivity contribution < 1.29 is 4.74 Å². The number of aryl methyl sites for hydroxylation is 1. The molecule has 0 amide bonds. The second-order valence-electron chi connectivity index (χ2n) is 4.55. The Hall–Kier alpha value is -2.89. The third-order valence-corrected chi connectivity index (χ3v) is 3.15. The van der Waals surface area contributed by atoms with Crippen LogP contribution in [-0.4, -0.2) is 26.4 Å². The Balaban J connectivity index is 2.06. The van der Waals surface area contributed by atoms with Gasteiger partial charge in [-0.05, 0) is 24.3 Å². The van der Waals surface area contributed by atoms with Crippen molar-refractivity contribution in [2.45, 2.75) is 0 Å². The summed E-state index contributed by atoms with van der Waals surface area (Å²) in [4.78, 5) is 8.26. The summed E-state index contributed by atoms with van der Waals surface area (Å²) in [6.45, 7) is 4.10. The van der Waals surface area contributed by atoms with E-state index in [1.807, 2.05) is 31.3 Å². The van der Waals surface area contributed by atoms with Gasteiger partial charge in [-0.25, -0.2) is 14.6 Å². The molecule has 0 aliphatic rings. The van der Waals surface area contributed by atoms with Crippen LogP contribution in [0.5, 0.6) is 5.75 Å². The standard InChI is InChI=1S/C15H15N5O/c1-3-8-21-11-6-4-10(5-7-11)13-12-14(16)17-9-18-15(12)20(2)19-13/h3-7,9H,1,8H2,2H3,(H2,16,17,18). The van der Waals surface area contributed by atoms with Gasteiger partial charge in [-0.3, -0.25) is 0 Å². The molecule has 0 saturated carbocycles. The number of fused-ring (bicyclic) bond motifs is 1. The van der Waals surface area contributed by atoms with Crippen molar-refractivity contribution in [3.05, 3.63) is 43.2 Å². The molecule has 6 heteroatoms. The monoisotopic (exact) mass is 281 g/mol. The molecule has 6 nitrogen and oxygen atoms in total. The van der Waals surface area contributed by atoms with Crippen LogP contribution in [0.2, 0.25) is 0 Å². The fraction of sp³-hybridized carbons (Fsp3) is 0.133. The Bertz CT molecular complexity index is 792. The number of nitrogens with two attached hydrogens (primary N) is 1. The van der Waals surface area contributed by atoms with Gasteiger partial charge in [0.15, 0.2) is 5.65 Å². The van der Waals surface area contributed by atoms with Gasteiger partial charge in [0.05, 0.1) is 5.39 Å². The van der Waals surface area contributed by atoms with E-state index in [1.165, 1.54) is 6.33 Å². The van der Waals surface area contributed by atoms with E-state index in [0.29, 0.717) is 18.1 Å². The van der Waals surface area contributed by atoms with E-state index in [2.05, 4.69) is 21.6 Å². The summed E-state index contributed by atoms with van der Waals surface area (Å²) < 4.78 is 7.17. The zero-order chi connectivity index (χ0) is 14.8. The van der Waals surface area contributed by atoms with E-state index in [4.69, 9.17) is 10.5 Å². The molecule has 0 radical (unpaired) electrons. The molecule has 0 unspecified atom stereocenters. The summed E-state index contributed by atoms with van der Waals surface area (Å²) >= 11 is 0. The quantitative estimate of drug-likeness (QED) is 0.741. The maximum Gasteiger partial charge on any atom is 0.163 e. The first-order valence-corrected chi connectivity index (χ1v) is 6.48. The van der Waals surface area contributed by atoms with Crippen molar-refractivity contribution >= 4 is 16.9 Å². The minimum atomic E-state index is 0.426. The molecule has 0 bridgehead atoms. The van der Waals surface area contributed by atoms with Crippen LogP contribution in [0.1, 0.15) is 0 Å². The number of ether oxygens (including phenoxy) is 1. The van der Waals surface area contributed by atoms with Gasteiger partial charge in [0.2, 0.25) is 0 Å². The molecule has 0 fully saturated rings. The molecule has 2 N–H and O–H groups in total. The highest BCUT2D eigenvalue weighted by atomic mass is 16.5. The topological polar surface area (TPSA) is 78.8 Å². The third-order valence-electron chi connectivity index (χ3n) is 3.15. The van der Waals surface area contributed by atoms with Crippen LogP contribution >= 0.6 is 0 Å². The lowest BCUT2D eigenvalue weighted by Crippen LogP contribution is -1.95. The second kappa shape index (κ2) is 5.24. The highest BCUT2D eigenvalue weighted by Crippen LogP contribution is 2.30. The number of hydrogen-bond donors (Lipinski definition) is 1. The minimum Gasteiger partial charge on any atom is -0.490 e. The number of aromatic nitrogens is 4. The number of anilines is 1. The fourth-order valence-electron chi connectivity index (χ4n) is 2.18. The average molecular weight is 281 g/mol. The van der Waals surface area contributed by atoms with E-state index >= 15 is 0 Å². The maximum atomic E-state index is 5.96. The molecule has 0 atom stereocenters. The minimum absolute atomic E-state index is 0.426. The van der Waals surface area contributed by atoms with Gasteiger partial charge >= 0.3 is 0 Å². The molecule has 21 heavy (non-hydrogen) atoms. The van der Waals surface area contributed by atoms with Crippen molar-refractivity contribution in [3.8, 4) is 17.0 Å². The van der Waals surface area contributed by atoms with Gasteiger partial charge in [0.1, 0.15) is 30.2 Å². The predicted molar refractivity (Wildman–Crippen MR) is 81.8 cm³/mol. The Kier molecular flexibility index (Phi) is 3.27. The van der Waals surface area contributed by atoms with E-state index in [9.17, 15) is 0 Å². The summed E-state index contributed by atoms with van der Waals surface area (Å²) in [5.41, 5.74) is 8.38. The Morgan fingerprint density at radius 1 is 1.29 bits per heavy atom. The van der Waals surface area contributed by atoms with Crippen molar-refractivity contribution in [2.75, 3.05) is 12.3 Å². The first-order chi connectivity index (χ1) is 10.2. The van der Waals surface area contributed by atoms with E-state index in [-0.39, 0.29) is 0 Å². The van der Waals surface area contributed by atoms with Crippen LogP contribution in [0, 0.1) is 0 Å². The molecule has 0 aliphatic carbocycles. The van der Waals surface area contributed by atoms with Gasteiger partial charge < -0.3 is 10.5 Å². The molecular formula is C15H15N5O. The van der Waals surface area contributed by atoms with Crippen LogP contribution in [0.15, 0.2) is 43.2 Å². The molecular weight excluding hydrogens is 266 g/mol. The van der Waals surface area contributed by atoms with E-state index in [1.54, 1.807) is 10.8 Å². The maximum absolute atomic E-state index is 5.96. The van der Waals surface area contributed by atoms with Gasteiger partial charge in [-0.15, -0.1) is 0 Å². The highest BCUT2D eigenvalue weighted by molar-refractivity contribution is 5.98. The molecule has 2 heterocycles. The normalized spacial score (nSPS) is 10.7. The number of rotatable bonds is 4. The Morgan fingerprint density at radius 2 is 2.05 bits per heavy atom. The number of nitrogens with zero attached hydrogens (tertiary/aromatic N) is 4. The van der Waals surface area contributed by atoms with E-state index < -0.39 is 0 Å². The largest absolute Gasteiger partial charge is 0.490 e. The lowest BCUT2D eigenvalue weighted by atomic mass is 10.1. The summed E-state index contributed by atoms with van der Waals surface area (Å²) in [6.07, 6.45) is 3.15. The molecule has 2 aromatic heterocycles. The molecule has 106 valence electrons. The molecule has 3 aromatic rings. The number of nitrogen functional groups attached to an aromatic ring is 1. The molecule has 0 saturated heterocycles. The van der Waals surface area contributed by atoms with Gasteiger partial charge in [0.25, 0.3) is 0 Å². The van der Waals surface area contributed by atoms with Crippen LogP contribution in [0.4, 0.5) is 5.82 Å². The van der Waals surface area contributed by atoms with Crippen molar-refractivity contribution in [2.24, 2.45) is 7.05 Å². The average Bonchev–Trinajstić information content (AvgIpc) is 2.84. The summed E-state index contributed by atoms with van der Waals surface area (Å²) in [5, 5.41) is 5.25. The first kappa shape index (κ1) is 13.1. The van der Waals surface area contributed by atoms with Crippen LogP contribution < -0.4 is 10.5 Å². The van der Waals surface area contributed by atoms with Gasteiger partial charge in [0, 0.05) is 12.6 Å². The van der Waals surface area contributed by atoms with Gasteiger partial charge in [-0.1, -0.05) is 12.7 Å². The first-order valence-electron chi connectivity index (χ1n) is 6.48. The Labute approximate surface area is 121 Å². The van der Waals surface area contributed by atoms with Crippen molar-refractivity contribution in [1.29, 1.82) is 0 Å². The highest BCUT2D eigenvalue weighted by Gasteiger charge is 2.15. The predicted octanol–water partition coefficient (Wildman–Crippen LogP) is 2.18. The zero-order valence-corrected chi connectivity index (χ0v) is 11.7. The zero-order valence-electron chi connectivity index (χ0n) is 11.7. The molecule has 1 aromatic carbocycles. The number of benzene rings is 1. The van der Waals surface area contributed by atoms with E-state index in [0.717, 1.165) is 22.4 Å². The lowest BCUT2D eigenvalue weighted by molar-refractivity contribution is 0.363. The third kappa shape index (κ3) is 2.31. The second-order valence-corrected chi connectivity index (χ2v) is 4.55. The van der Waals surface area contributed by atoms with Crippen LogP contribution in [0.25, 0.3) is 22.3 Å². The molecule has 0 aliphatic heterocycles. The smallest absolute Gasteiger partial charge is 0.163 e. The van der Waals surface area contributed by atoms with Crippen molar-refractivity contribution in [1.82, 2.24) is 19.7 Å². The molecule has 0 spiro atoms. The van der Waals surface area contributed by atoms with Crippen LogP contribution in [-0.2, 0) is 7.05 Å². The Morgan fingerprint density at radius 3 is 2.76 bits per heavy atom. The molecule has 3 rings (SSSR count). The van der Waals surface area contributed by atoms with Crippen molar-refractivity contribution in [3.63, 3.8) is 0 Å². The SMILES string of the molecule is C=CCOc1ccc(-c2nn(C)c3ncnc(N)c23)cc1. The summed E-state index contributed by atoms with van der Waals surface area (Å²) in [5.74, 6) is 1.21. The van der Waals surface area contributed by atoms with Gasteiger partial charge in [-0.2, -0.15) is 5.10 Å². The number of hydrogen-bond acceptors (Lipinski definition) is 5. The fourth-order valence-corrected chi connectivity index (χ4v) is 2.18. The summed E-state index contributed by atoms with van der Waals surface area (Å²) in [6, 6.07) is 7.65. The summed E-state index contributed by atoms with van der Waals surface area (Å²) in [7, 11) is 1.83. The van der Waals surface area contributed by atoms with Crippen LogP contribution in [0.3, 0.4) is 0 Å².